The topological polar surface area (TPSA) is 40.5 Å². The van der Waals surface area contributed by atoms with Crippen LogP contribution in [0.15, 0.2) is 0 Å². The fraction of sp³-hybridized carbons (Fsp3) is 0.944. The average Bonchev–Trinajstić information content (AvgIpc) is 2.46. The molecule has 5 unspecified atom stereocenters. The zero-order chi connectivity index (χ0) is 15.4. The Morgan fingerprint density at radius 3 is 2.57 bits per heavy atom. The molecule has 0 aromatic carbocycles. The molecule has 2 saturated carbocycles. The quantitative estimate of drug-likeness (QED) is 0.827. The molecule has 2 fully saturated rings. The van der Waals surface area contributed by atoms with Gasteiger partial charge in [-0.25, -0.2) is 0 Å². The summed E-state index contributed by atoms with van der Waals surface area (Å²) in [6.07, 6.45) is 10.7. The number of rotatable bonds is 5. The van der Waals surface area contributed by atoms with E-state index in [-0.39, 0.29) is 12.0 Å². The van der Waals surface area contributed by atoms with Gasteiger partial charge in [-0.05, 0) is 51.0 Å². The lowest BCUT2D eigenvalue weighted by Gasteiger charge is -2.44. The van der Waals surface area contributed by atoms with Crippen molar-refractivity contribution in [2.75, 3.05) is 7.05 Å². The molecule has 1 N–H and O–H groups in total. The van der Waals surface area contributed by atoms with Crippen LogP contribution in [0, 0.1) is 17.8 Å². The molecular formula is C18H33NO2. The van der Waals surface area contributed by atoms with Crippen LogP contribution in [0.4, 0.5) is 0 Å². The van der Waals surface area contributed by atoms with Gasteiger partial charge in [-0.2, -0.15) is 0 Å². The van der Waals surface area contributed by atoms with Gasteiger partial charge in [0.05, 0.1) is 5.92 Å². The smallest absolute Gasteiger partial charge is 0.308 e. The molecule has 3 nitrogen and oxygen atoms in total. The van der Waals surface area contributed by atoms with Crippen LogP contribution >= 0.6 is 0 Å². The molecule has 0 aromatic heterocycles. The lowest BCUT2D eigenvalue weighted by atomic mass is 9.75. The van der Waals surface area contributed by atoms with Crippen LogP contribution in [0.3, 0.4) is 0 Å². The maximum absolute atomic E-state index is 11.7. The number of carboxylic acid groups (broad SMARTS) is 1. The SMILES string of the molecule is CCCC1CCC(C(=O)O)C(N(C)C2CCCC(C)C2)C1. The Bertz CT molecular complexity index is 344. The molecule has 0 heterocycles. The first-order chi connectivity index (χ1) is 10.0. The van der Waals surface area contributed by atoms with Gasteiger partial charge in [-0.15, -0.1) is 0 Å². The van der Waals surface area contributed by atoms with Crippen molar-refractivity contribution < 1.29 is 9.90 Å². The first-order valence-electron chi connectivity index (χ1n) is 8.97. The average molecular weight is 295 g/mol. The van der Waals surface area contributed by atoms with Crippen LogP contribution in [-0.2, 0) is 4.79 Å². The Kier molecular flexibility index (Phi) is 6.09. The Labute approximate surface area is 130 Å². The largest absolute Gasteiger partial charge is 0.481 e. The second kappa shape index (κ2) is 7.62. The van der Waals surface area contributed by atoms with E-state index in [1.54, 1.807) is 0 Å². The normalized spacial score (nSPS) is 37.6. The fourth-order valence-corrected chi connectivity index (χ4v) is 4.68. The standard InChI is InChI=1S/C18H33NO2/c1-4-6-14-9-10-16(18(20)21)17(12-14)19(3)15-8-5-7-13(2)11-15/h13-17H,4-12H2,1-3H3,(H,20,21). The van der Waals surface area contributed by atoms with Crippen molar-refractivity contribution in [2.24, 2.45) is 17.8 Å². The summed E-state index contributed by atoms with van der Waals surface area (Å²) in [5.74, 6) is 0.801. The van der Waals surface area contributed by atoms with Crippen molar-refractivity contribution in [3.63, 3.8) is 0 Å². The van der Waals surface area contributed by atoms with Gasteiger partial charge in [-0.3, -0.25) is 9.69 Å². The third-order valence-electron chi connectivity index (χ3n) is 5.95. The second-order valence-corrected chi connectivity index (χ2v) is 7.57. The first-order valence-corrected chi connectivity index (χ1v) is 8.97. The highest BCUT2D eigenvalue weighted by Gasteiger charge is 2.39. The van der Waals surface area contributed by atoms with E-state index < -0.39 is 5.97 Å². The van der Waals surface area contributed by atoms with Crippen LogP contribution in [-0.4, -0.2) is 35.1 Å². The lowest BCUT2D eigenvalue weighted by Crippen LogP contribution is -2.50. The molecule has 0 spiro atoms. The van der Waals surface area contributed by atoms with Crippen LogP contribution in [0.1, 0.15) is 71.6 Å². The minimum atomic E-state index is -0.578. The van der Waals surface area contributed by atoms with Crippen molar-refractivity contribution >= 4 is 5.97 Å². The van der Waals surface area contributed by atoms with E-state index in [4.69, 9.17) is 0 Å². The maximum atomic E-state index is 11.7. The van der Waals surface area contributed by atoms with Gasteiger partial charge < -0.3 is 5.11 Å². The maximum Gasteiger partial charge on any atom is 0.308 e. The van der Waals surface area contributed by atoms with Crippen molar-refractivity contribution in [1.29, 1.82) is 0 Å². The molecule has 2 rings (SSSR count). The molecule has 2 aliphatic rings. The third-order valence-corrected chi connectivity index (χ3v) is 5.95. The zero-order valence-electron chi connectivity index (χ0n) is 14.1. The fourth-order valence-electron chi connectivity index (χ4n) is 4.68. The van der Waals surface area contributed by atoms with Crippen molar-refractivity contribution in [1.82, 2.24) is 4.90 Å². The number of hydrogen-bond donors (Lipinski definition) is 1. The second-order valence-electron chi connectivity index (χ2n) is 7.57. The van der Waals surface area contributed by atoms with E-state index in [1.807, 2.05) is 0 Å². The molecule has 0 radical (unpaired) electrons. The molecule has 2 aliphatic carbocycles. The summed E-state index contributed by atoms with van der Waals surface area (Å²) in [5, 5.41) is 9.60. The number of nitrogens with zero attached hydrogens (tertiary/aromatic N) is 1. The minimum Gasteiger partial charge on any atom is -0.481 e. The van der Waals surface area contributed by atoms with E-state index in [2.05, 4.69) is 25.8 Å². The van der Waals surface area contributed by atoms with Gasteiger partial charge in [0.25, 0.3) is 0 Å². The molecule has 5 atom stereocenters. The highest BCUT2D eigenvalue weighted by atomic mass is 16.4. The third kappa shape index (κ3) is 4.21. The van der Waals surface area contributed by atoms with Crippen LogP contribution in [0.25, 0.3) is 0 Å². The molecular weight excluding hydrogens is 262 g/mol. The Hall–Kier alpha value is -0.570. The highest BCUT2D eigenvalue weighted by molar-refractivity contribution is 5.71. The molecule has 0 bridgehead atoms. The molecule has 21 heavy (non-hydrogen) atoms. The Morgan fingerprint density at radius 1 is 1.19 bits per heavy atom. The molecule has 122 valence electrons. The lowest BCUT2D eigenvalue weighted by molar-refractivity contribution is -0.146. The summed E-state index contributed by atoms with van der Waals surface area (Å²) in [6, 6.07) is 0.851. The van der Waals surface area contributed by atoms with Crippen molar-refractivity contribution in [3.05, 3.63) is 0 Å². The van der Waals surface area contributed by atoms with E-state index >= 15 is 0 Å². The van der Waals surface area contributed by atoms with Crippen LogP contribution in [0.2, 0.25) is 0 Å². The summed E-state index contributed by atoms with van der Waals surface area (Å²) < 4.78 is 0. The number of hydrogen-bond acceptors (Lipinski definition) is 2. The Morgan fingerprint density at radius 2 is 1.95 bits per heavy atom. The molecule has 0 aromatic rings. The van der Waals surface area contributed by atoms with E-state index in [9.17, 15) is 9.90 Å². The van der Waals surface area contributed by atoms with E-state index in [0.717, 1.165) is 31.1 Å². The van der Waals surface area contributed by atoms with Crippen molar-refractivity contribution in [2.45, 2.75) is 83.7 Å². The summed E-state index contributed by atoms with van der Waals surface area (Å²) in [4.78, 5) is 14.1. The van der Waals surface area contributed by atoms with E-state index in [0.29, 0.717) is 6.04 Å². The zero-order valence-corrected chi connectivity index (χ0v) is 14.1. The summed E-state index contributed by atoms with van der Waals surface area (Å²) >= 11 is 0. The van der Waals surface area contributed by atoms with Gasteiger partial charge in [0, 0.05) is 12.1 Å². The monoisotopic (exact) mass is 295 g/mol. The number of carboxylic acids is 1. The van der Waals surface area contributed by atoms with Crippen molar-refractivity contribution in [3.8, 4) is 0 Å². The molecule has 0 amide bonds. The van der Waals surface area contributed by atoms with Gasteiger partial charge in [-0.1, -0.05) is 39.5 Å². The Balaban J connectivity index is 2.05. The van der Waals surface area contributed by atoms with Gasteiger partial charge in [0.2, 0.25) is 0 Å². The summed E-state index contributed by atoms with van der Waals surface area (Å²) in [5.41, 5.74) is 0. The van der Waals surface area contributed by atoms with Gasteiger partial charge in [0.15, 0.2) is 0 Å². The van der Waals surface area contributed by atoms with Gasteiger partial charge in [0.1, 0.15) is 0 Å². The number of carbonyl (C=O) groups is 1. The predicted molar refractivity (Wildman–Crippen MR) is 86.3 cm³/mol. The highest BCUT2D eigenvalue weighted by Crippen LogP contribution is 2.37. The predicted octanol–water partition coefficient (Wildman–Crippen LogP) is 4.17. The minimum absolute atomic E-state index is 0.152. The van der Waals surface area contributed by atoms with Gasteiger partial charge >= 0.3 is 5.97 Å². The van der Waals surface area contributed by atoms with Crippen LogP contribution < -0.4 is 0 Å². The molecule has 3 heteroatoms. The molecule has 0 aliphatic heterocycles. The summed E-state index contributed by atoms with van der Waals surface area (Å²) in [6.45, 7) is 4.58. The summed E-state index contributed by atoms with van der Waals surface area (Å²) in [7, 11) is 2.19. The van der Waals surface area contributed by atoms with Crippen LogP contribution in [0.5, 0.6) is 0 Å². The van der Waals surface area contributed by atoms with E-state index in [1.165, 1.54) is 38.5 Å². The number of aliphatic carboxylic acids is 1. The molecule has 0 saturated heterocycles. The first kappa shape index (κ1) is 16.8.